The number of carbonyl (C=O) groups is 1. The van der Waals surface area contributed by atoms with Crippen LogP contribution in [0.5, 0.6) is 0 Å². The zero-order chi connectivity index (χ0) is 13.4. The minimum atomic E-state index is -0.554. The zero-order valence-corrected chi connectivity index (χ0v) is 12.0. The summed E-state index contributed by atoms with van der Waals surface area (Å²) in [5.74, 6) is 0.0722. The van der Waals surface area contributed by atoms with Gasteiger partial charge in [0, 0.05) is 24.7 Å². The van der Waals surface area contributed by atoms with Gasteiger partial charge in [0.25, 0.3) is 0 Å². The van der Waals surface area contributed by atoms with Gasteiger partial charge in [-0.3, -0.25) is 9.69 Å². The third-order valence-corrected chi connectivity index (χ3v) is 4.48. The predicted molar refractivity (Wildman–Crippen MR) is 73.3 cm³/mol. The maximum absolute atomic E-state index is 12.0. The van der Waals surface area contributed by atoms with Gasteiger partial charge in [-0.1, -0.05) is 0 Å². The molecule has 0 aromatic carbocycles. The average Bonchev–Trinajstić information content (AvgIpc) is 2.25. The van der Waals surface area contributed by atoms with Crippen molar-refractivity contribution >= 4 is 5.91 Å². The van der Waals surface area contributed by atoms with Gasteiger partial charge in [-0.05, 0) is 52.9 Å². The predicted octanol–water partition coefficient (Wildman–Crippen LogP) is 1.25. The second-order valence-corrected chi connectivity index (χ2v) is 6.92. The highest BCUT2D eigenvalue weighted by Crippen LogP contribution is 2.29. The largest absolute Gasteiger partial charge is 0.352 e. The number of hydrogen-bond donors (Lipinski definition) is 2. The minimum absolute atomic E-state index is 0.0722. The van der Waals surface area contributed by atoms with Crippen LogP contribution in [0.1, 0.15) is 52.9 Å². The van der Waals surface area contributed by atoms with Crippen LogP contribution in [0.15, 0.2) is 0 Å². The zero-order valence-electron chi connectivity index (χ0n) is 12.0. The van der Waals surface area contributed by atoms with Crippen LogP contribution >= 0.6 is 0 Å². The molecule has 0 aromatic rings. The van der Waals surface area contributed by atoms with Crippen LogP contribution in [0.4, 0.5) is 0 Å². The van der Waals surface area contributed by atoms with Gasteiger partial charge >= 0.3 is 0 Å². The molecule has 1 saturated heterocycles. The molecule has 1 saturated carbocycles. The van der Waals surface area contributed by atoms with Crippen LogP contribution < -0.4 is 11.1 Å². The number of hydrogen-bond acceptors (Lipinski definition) is 3. The first kappa shape index (κ1) is 13.8. The van der Waals surface area contributed by atoms with Crippen LogP contribution in [0.2, 0.25) is 0 Å². The van der Waals surface area contributed by atoms with Crippen LogP contribution in [-0.2, 0) is 4.79 Å². The number of piperidine rings is 1. The lowest BCUT2D eigenvalue weighted by atomic mass is 9.77. The number of nitrogens with two attached hydrogens (primary N) is 1. The van der Waals surface area contributed by atoms with Crippen molar-refractivity contribution in [2.24, 2.45) is 5.73 Å². The molecule has 2 aliphatic rings. The monoisotopic (exact) mass is 253 g/mol. The molecule has 0 bridgehead atoms. The van der Waals surface area contributed by atoms with Gasteiger partial charge < -0.3 is 11.1 Å². The first-order chi connectivity index (χ1) is 8.31. The van der Waals surface area contributed by atoms with E-state index in [1.54, 1.807) is 0 Å². The molecule has 1 amide bonds. The Balaban J connectivity index is 1.78. The van der Waals surface area contributed by atoms with E-state index in [4.69, 9.17) is 5.73 Å². The molecule has 1 heterocycles. The standard InChI is InChI=1S/C14H27N3O/c1-13(2,3)17-9-5-11(6-10-17)16-12(18)14(15)7-4-8-14/h11H,4-10,15H2,1-3H3,(H,16,18). The summed E-state index contributed by atoms with van der Waals surface area (Å²) in [6.45, 7) is 8.86. The van der Waals surface area contributed by atoms with E-state index in [1.807, 2.05) is 0 Å². The molecule has 0 spiro atoms. The first-order valence-corrected chi connectivity index (χ1v) is 7.16. The lowest BCUT2D eigenvalue weighted by Crippen LogP contribution is -2.61. The number of nitrogens with one attached hydrogen (secondary N) is 1. The Morgan fingerprint density at radius 3 is 2.22 bits per heavy atom. The van der Waals surface area contributed by atoms with Crippen LogP contribution in [0.3, 0.4) is 0 Å². The van der Waals surface area contributed by atoms with Crippen molar-refractivity contribution in [3.8, 4) is 0 Å². The first-order valence-electron chi connectivity index (χ1n) is 7.16. The van der Waals surface area contributed by atoms with Crippen molar-refractivity contribution in [2.75, 3.05) is 13.1 Å². The molecule has 2 fully saturated rings. The Labute approximate surface area is 110 Å². The smallest absolute Gasteiger partial charge is 0.240 e. The second kappa shape index (κ2) is 4.82. The van der Waals surface area contributed by atoms with Crippen molar-refractivity contribution < 1.29 is 4.79 Å². The molecule has 4 nitrogen and oxygen atoms in total. The summed E-state index contributed by atoms with van der Waals surface area (Å²) in [5.41, 5.74) is 5.72. The molecule has 104 valence electrons. The second-order valence-electron chi connectivity index (χ2n) is 6.92. The van der Waals surface area contributed by atoms with E-state index in [0.29, 0.717) is 6.04 Å². The molecule has 0 atom stereocenters. The van der Waals surface area contributed by atoms with Crippen LogP contribution in [-0.4, -0.2) is 41.0 Å². The van der Waals surface area contributed by atoms with E-state index in [1.165, 1.54) is 0 Å². The Bertz CT molecular complexity index is 309. The highest BCUT2D eigenvalue weighted by molar-refractivity contribution is 5.87. The summed E-state index contributed by atoms with van der Waals surface area (Å²) < 4.78 is 0. The SMILES string of the molecule is CC(C)(C)N1CCC(NC(=O)C2(N)CCC2)CC1. The summed E-state index contributed by atoms with van der Waals surface area (Å²) >= 11 is 0. The highest BCUT2D eigenvalue weighted by Gasteiger charge is 2.41. The van der Waals surface area contributed by atoms with Gasteiger partial charge in [-0.2, -0.15) is 0 Å². The van der Waals surface area contributed by atoms with Crippen molar-refractivity contribution in [1.82, 2.24) is 10.2 Å². The molecule has 18 heavy (non-hydrogen) atoms. The summed E-state index contributed by atoms with van der Waals surface area (Å²) in [5, 5.41) is 3.14. The van der Waals surface area contributed by atoms with Crippen molar-refractivity contribution in [1.29, 1.82) is 0 Å². The fraction of sp³-hybridized carbons (Fsp3) is 0.929. The molecule has 2 rings (SSSR count). The molecular formula is C14H27N3O. The van der Waals surface area contributed by atoms with Gasteiger partial charge in [-0.25, -0.2) is 0 Å². The maximum atomic E-state index is 12.0. The van der Waals surface area contributed by atoms with E-state index in [0.717, 1.165) is 45.2 Å². The Morgan fingerprint density at radius 2 is 1.83 bits per heavy atom. The third kappa shape index (κ3) is 2.86. The Morgan fingerprint density at radius 1 is 1.28 bits per heavy atom. The third-order valence-electron chi connectivity index (χ3n) is 4.48. The minimum Gasteiger partial charge on any atom is -0.352 e. The molecule has 0 radical (unpaired) electrons. The summed E-state index contributed by atoms with van der Waals surface area (Å²) in [6, 6.07) is 0.317. The summed E-state index contributed by atoms with van der Waals surface area (Å²) in [6.07, 6.45) is 4.86. The molecule has 4 heteroatoms. The lowest BCUT2D eigenvalue weighted by Gasteiger charge is -2.42. The lowest BCUT2D eigenvalue weighted by molar-refractivity contribution is -0.130. The molecule has 3 N–H and O–H groups in total. The van der Waals surface area contributed by atoms with E-state index >= 15 is 0 Å². The van der Waals surface area contributed by atoms with Crippen molar-refractivity contribution in [3.63, 3.8) is 0 Å². The van der Waals surface area contributed by atoms with E-state index < -0.39 is 5.54 Å². The van der Waals surface area contributed by atoms with Gasteiger partial charge in [0.05, 0.1) is 5.54 Å². The quantitative estimate of drug-likeness (QED) is 0.778. The Hall–Kier alpha value is -0.610. The molecular weight excluding hydrogens is 226 g/mol. The van der Waals surface area contributed by atoms with Crippen molar-refractivity contribution in [2.45, 2.75) is 70.0 Å². The van der Waals surface area contributed by atoms with Gasteiger partial charge in [0.15, 0.2) is 0 Å². The topological polar surface area (TPSA) is 58.4 Å². The summed E-state index contributed by atoms with van der Waals surface area (Å²) in [4.78, 5) is 14.5. The normalized spacial score (nSPS) is 25.6. The van der Waals surface area contributed by atoms with Gasteiger partial charge in [0.1, 0.15) is 0 Å². The van der Waals surface area contributed by atoms with E-state index in [9.17, 15) is 4.79 Å². The summed E-state index contributed by atoms with van der Waals surface area (Å²) in [7, 11) is 0. The number of rotatable bonds is 2. The fourth-order valence-electron chi connectivity index (χ4n) is 2.81. The molecule has 1 aliphatic carbocycles. The van der Waals surface area contributed by atoms with E-state index in [2.05, 4.69) is 31.0 Å². The van der Waals surface area contributed by atoms with Crippen molar-refractivity contribution in [3.05, 3.63) is 0 Å². The average molecular weight is 253 g/mol. The Kier molecular flexibility index (Phi) is 3.70. The fourth-order valence-corrected chi connectivity index (χ4v) is 2.81. The number of likely N-dealkylation sites (tertiary alicyclic amines) is 1. The molecule has 0 unspecified atom stereocenters. The van der Waals surface area contributed by atoms with Gasteiger partial charge in [0.2, 0.25) is 5.91 Å². The van der Waals surface area contributed by atoms with Crippen LogP contribution in [0.25, 0.3) is 0 Å². The number of nitrogens with zero attached hydrogens (tertiary/aromatic N) is 1. The number of amides is 1. The highest BCUT2D eigenvalue weighted by atomic mass is 16.2. The van der Waals surface area contributed by atoms with E-state index in [-0.39, 0.29) is 11.4 Å². The van der Waals surface area contributed by atoms with Crippen LogP contribution in [0, 0.1) is 0 Å². The maximum Gasteiger partial charge on any atom is 0.240 e. The molecule has 0 aromatic heterocycles. The molecule has 1 aliphatic heterocycles. The number of carbonyl (C=O) groups excluding carboxylic acids is 1. The van der Waals surface area contributed by atoms with Gasteiger partial charge in [-0.15, -0.1) is 0 Å².